The predicted octanol–water partition coefficient (Wildman–Crippen LogP) is -0.0286. The fourth-order valence-corrected chi connectivity index (χ4v) is 4.45. The Morgan fingerprint density at radius 3 is 2.41 bits per heavy atom. The lowest BCUT2D eigenvalue weighted by Crippen LogP contribution is -2.58. The van der Waals surface area contributed by atoms with Gasteiger partial charge in [-0.1, -0.05) is 0 Å². The summed E-state index contributed by atoms with van der Waals surface area (Å²) in [6.45, 7) is 9.86. The number of cyclic esters (lactones) is 1. The zero-order valence-corrected chi connectivity index (χ0v) is 18.2. The van der Waals surface area contributed by atoms with Gasteiger partial charge in [-0.2, -0.15) is 0 Å². The Morgan fingerprint density at radius 2 is 1.76 bits per heavy atom. The van der Waals surface area contributed by atoms with E-state index < -0.39 is 0 Å². The van der Waals surface area contributed by atoms with Crippen molar-refractivity contribution in [2.24, 2.45) is 0 Å². The zero-order valence-electron chi connectivity index (χ0n) is 18.2. The van der Waals surface area contributed by atoms with Crippen LogP contribution in [0.1, 0.15) is 19.3 Å². The average molecular weight is 412 g/mol. The maximum absolute atomic E-state index is 11.9. The molecule has 29 heavy (non-hydrogen) atoms. The molecule has 2 unspecified atom stereocenters. The molecule has 0 aromatic rings. The van der Waals surface area contributed by atoms with Crippen molar-refractivity contribution in [2.45, 2.75) is 31.5 Å². The first-order chi connectivity index (χ1) is 14.0. The van der Waals surface area contributed by atoms with E-state index in [1.807, 2.05) is 0 Å². The number of likely N-dealkylation sites (N-methyl/N-ethyl adjacent to an activating group) is 2. The first-order valence-corrected chi connectivity index (χ1v) is 10.8. The standard InChI is InChI=1S/C20H37N5O4/c1-21-9-11-23(12-10-21)8-6-17-15-24(7-4-5-19(26)28-3)13-14-25(17)18-16-22(2)20(27)29-18/h17-18H,4-16H2,1-3H3. The van der Waals surface area contributed by atoms with E-state index in [1.54, 1.807) is 11.9 Å². The van der Waals surface area contributed by atoms with Gasteiger partial charge in [0, 0.05) is 65.3 Å². The van der Waals surface area contributed by atoms with E-state index in [4.69, 9.17) is 9.47 Å². The van der Waals surface area contributed by atoms with E-state index in [9.17, 15) is 9.59 Å². The fraction of sp³-hybridized carbons (Fsp3) is 0.900. The van der Waals surface area contributed by atoms with Crippen LogP contribution in [0.25, 0.3) is 0 Å². The third-order valence-corrected chi connectivity index (χ3v) is 6.42. The number of esters is 1. The summed E-state index contributed by atoms with van der Waals surface area (Å²) in [6, 6.07) is 0.353. The lowest BCUT2D eigenvalue weighted by molar-refractivity contribution is -0.140. The van der Waals surface area contributed by atoms with Crippen LogP contribution < -0.4 is 0 Å². The van der Waals surface area contributed by atoms with Gasteiger partial charge in [-0.05, 0) is 33.0 Å². The number of methoxy groups -OCH3 is 1. The smallest absolute Gasteiger partial charge is 0.411 e. The molecule has 0 aromatic heterocycles. The normalized spacial score (nSPS) is 28.0. The third kappa shape index (κ3) is 6.28. The van der Waals surface area contributed by atoms with Crippen molar-refractivity contribution in [1.29, 1.82) is 0 Å². The van der Waals surface area contributed by atoms with Gasteiger partial charge in [0.05, 0.1) is 13.7 Å². The monoisotopic (exact) mass is 411 g/mol. The van der Waals surface area contributed by atoms with Crippen molar-refractivity contribution < 1.29 is 19.1 Å². The summed E-state index contributed by atoms with van der Waals surface area (Å²) >= 11 is 0. The van der Waals surface area contributed by atoms with E-state index in [-0.39, 0.29) is 18.3 Å². The third-order valence-electron chi connectivity index (χ3n) is 6.42. The van der Waals surface area contributed by atoms with Crippen molar-refractivity contribution in [3.05, 3.63) is 0 Å². The first-order valence-electron chi connectivity index (χ1n) is 10.8. The molecule has 3 fully saturated rings. The maximum atomic E-state index is 11.9. The van der Waals surface area contributed by atoms with Gasteiger partial charge in [-0.25, -0.2) is 4.79 Å². The van der Waals surface area contributed by atoms with Crippen LogP contribution in [0, 0.1) is 0 Å². The molecule has 0 spiro atoms. The summed E-state index contributed by atoms with van der Waals surface area (Å²) in [6.07, 6.45) is 1.97. The van der Waals surface area contributed by atoms with Gasteiger partial charge in [0.1, 0.15) is 0 Å². The Labute approximate surface area is 174 Å². The molecule has 9 heteroatoms. The molecule has 0 aromatic carbocycles. The molecule has 1 amide bonds. The number of hydrogen-bond donors (Lipinski definition) is 0. The van der Waals surface area contributed by atoms with Crippen LogP contribution in [0.2, 0.25) is 0 Å². The number of hydrogen-bond acceptors (Lipinski definition) is 8. The van der Waals surface area contributed by atoms with Crippen LogP contribution in [0.15, 0.2) is 0 Å². The molecule has 166 valence electrons. The molecular formula is C20H37N5O4. The Hall–Kier alpha value is -1.42. The molecular weight excluding hydrogens is 374 g/mol. The van der Waals surface area contributed by atoms with Gasteiger partial charge in [-0.15, -0.1) is 0 Å². The Kier molecular flexibility index (Phi) is 8.11. The van der Waals surface area contributed by atoms with E-state index in [2.05, 4.69) is 26.6 Å². The van der Waals surface area contributed by atoms with Crippen LogP contribution in [0.4, 0.5) is 4.79 Å². The molecule has 0 aliphatic carbocycles. The van der Waals surface area contributed by atoms with Crippen molar-refractivity contribution in [3.8, 4) is 0 Å². The summed E-state index contributed by atoms with van der Waals surface area (Å²) in [5.41, 5.74) is 0. The van der Waals surface area contributed by atoms with Crippen LogP contribution in [0.3, 0.4) is 0 Å². The minimum atomic E-state index is -0.228. The largest absolute Gasteiger partial charge is 0.469 e. The van der Waals surface area contributed by atoms with E-state index in [1.165, 1.54) is 7.11 Å². The van der Waals surface area contributed by atoms with Gasteiger partial charge in [0.2, 0.25) is 0 Å². The van der Waals surface area contributed by atoms with Gasteiger partial charge in [0.15, 0.2) is 6.23 Å². The topological polar surface area (TPSA) is 68.8 Å². The lowest BCUT2D eigenvalue weighted by Gasteiger charge is -2.44. The van der Waals surface area contributed by atoms with Gasteiger partial charge in [0.25, 0.3) is 0 Å². The van der Waals surface area contributed by atoms with Gasteiger partial charge >= 0.3 is 12.1 Å². The van der Waals surface area contributed by atoms with Crippen LogP contribution >= 0.6 is 0 Å². The molecule has 0 radical (unpaired) electrons. The molecule has 0 bridgehead atoms. The Bertz CT molecular complexity index is 555. The summed E-state index contributed by atoms with van der Waals surface area (Å²) in [4.78, 5) is 34.7. The second-order valence-electron chi connectivity index (χ2n) is 8.52. The van der Waals surface area contributed by atoms with Crippen molar-refractivity contribution in [2.75, 3.05) is 86.7 Å². The predicted molar refractivity (Wildman–Crippen MR) is 110 cm³/mol. The number of piperazine rings is 2. The highest BCUT2D eigenvalue weighted by atomic mass is 16.6. The molecule has 3 aliphatic rings. The van der Waals surface area contributed by atoms with Crippen molar-refractivity contribution >= 4 is 12.1 Å². The molecule has 3 rings (SSSR count). The fourth-order valence-electron chi connectivity index (χ4n) is 4.45. The summed E-state index contributed by atoms with van der Waals surface area (Å²) in [5.74, 6) is -0.142. The maximum Gasteiger partial charge on any atom is 0.411 e. The molecule has 3 aliphatic heterocycles. The van der Waals surface area contributed by atoms with E-state index in [0.717, 1.165) is 71.7 Å². The van der Waals surface area contributed by atoms with E-state index >= 15 is 0 Å². The molecule has 0 N–H and O–H groups in total. The number of rotatable bonds is 8. The van der Waals surface area contributed by atoms with Crippen molar-refractivity contribution in [1.82, 2.24) is 24.5 Å². The minimum Gasteiger partial charge on any atom is -0.469 e. The molecule has 3 saturated heterocycles. The van der Waals surface area contributed by atoms with Gasteiger partial charge < -0.3 is 29.1 Å². The molecule has 3 heterocycles. The summed E-state index contributed by atoms with van der Waals surface area (Å²) < 4.78 is 10.4. The van der Waals surface area contributed by atoms with Crippen LogP contribution in [-0.4, -0.2) is 135 Å². The highest BCUT2D eigenvalue weighted by molar-refractivity contribution is 5.69. The number of ether oxygens (including phenoxy) is 2. The first kappa shape index (κ1) is 22.3. The number of carbonyl (C=O) groups is 2. The quantitative estimate of drug-likeness (QED) is 0.516. The lowest BCUT2D eigenvalue weighted by atomic mass is 10.1. The van der Waals surface area contributed by atoms with E-state index in [0.29, 0.717) is 19.0 Å². The Morgan fingerprint density at radius 1 is 1.03 bits per heavy atom. The summed E-state index contributed by atoms with van der Waals surface area (Å²) in [7, 11) is 5.41. The Balaban J connectivity index is 1.54. The van der Waals surface area contributed by atoms with Crippen LogP contribution in [-0.2, 0) is 14.3 Å². The highest BCUT2D eigenvalue weighted by Gasteiger charge is 2.39. The molecule has 0 saturated carbocycles. The molecule has 2 atom stereocenters. The average Bonchev–Trinajstić information content (AvgIpc) is 3.05. The second-order valence-corrected chi connectivity index (χ2v) is 8.52. The second kappa shape index (κ2) is 10.6. The highest BCUT2D eigenvalue weighted by Crippen LogP contribution is 2.22. The summed E-state index contributed by atoms with van der Waals surface area (Å²) in [5, 5.41) is 0. The minimum absolute atomic E-state index is 0.142. The number of amides is 1. The zero-order chi connectivity index (χ0) is 20.8. The molecule has 9 nitrogen and oxygen atoms in total. The SMILES string of the molecule is COC(=O)CCCN1CCN(C2CN(C)C(=O)O2)C(CCN2CCN(C)CC2)C1. The van der Waals surface area contributed by atoms with Crippen LogP contribution in [0.5, 0.6) is 0 Å². The van der Waals surface area contributed by atoms with Gasteiger partial charge in [-0.3, -0.25) is 9.69 Å². The number of nitrogens with zero attached hydrogens (tertiary/aromatic N) is 5. The van der Waals surface area contributed by atoms with Crippen molar-refractivity contribution in [3.63, 3.8) is 0 Å². The number of carbonyl (C=O) groups excluding carboxylic acids is 2.